The molecule has 2 heterocycles. The molecule has 0 aromatic heterocycles. The van der Waals surface area contributed by atoms with E-state index in [1.807, 2.05) is 19.1 Å². The van der Waals surface area contributed by atoms with Crippen LogP contribution < -0.4 is 19.4 Å². The van der Waals surface area contributed by atoms with Crippen LogP contribution in [0.2, 0.25) is 0 Å². The number of hydrogen-bond donors (Lipinski definition) is 3. The van der Waals surface area contributed by atoms with Crippen molar-refractivity contribution >= 4 is 17.5 Å². The summed E-state index contributed by atoms with van der Waals surface area (Å²) in [5.41, 5.74) is 0.621. The molecule has 1 aromatic rings. The lowest BCUT2D eigenvalue weighted by Gasteiger charge is -2.31. The number of ether oxygens (including phenoxy) is 1. The number of carbonyl (C=O) groups is 2. The first-order valence-corrected chi connectivity index (χ1v) is 9.52. The van der Waals surface area contributed by atoms with E-state index in [0.29, 0.717) is 12.3 Å². The van der Waals surface area contributed by atoms with Gasteiger partial charge in [0.05, 0.1) is 25.3 Å². The SMILES string of the molecule is CCCOc1ccc(N2C(=O)C[C@@H]([NH+]3CC[NH+](CCO)CC3)C2=O)cc1. The van der Waals surface area contributed by atoms with Crippen molar-refractivity contribution in [2.24, 2.45) is 0 Å². The molecule has 26 heavy (non-hydrogen) atoms. The van der Waals surface area contributed by atoms with Gasteiger partial charge in [-0.2, -0.15) is 0 Å². The van der Waals surface area contributed by atoms with Gasteiger partial charge >= 0.3 is 0 Å². The van der Waals surface area contributed by atoms with Crippen LogP contribution in [0.15, 0.2) is 24.3 Å². The van der Waals surface area contributed by atoms with Gasteiger partial charge in [0.15, 0.2) is 6.04 Å². The molecule has 2 fully saturated rings. The number of nitrogens with zero attached hydrogens (tertiary/aromatic N) is 1. The summed E-state index contributed by atoms with van der Waals surface area (Å²) in [5.74, 6) is 0.526. The molecule has 3 N–H and O–H groups in total. The van der Waals surface area contributed by atoms with E-state index in [4.69, 9.17) is 9.84 Å². The number of aliphatic hydroxyl groups is 1. The highest BCUT2D eigenvalue weighted by Crippen LogP contribution is 2.24. The number of hydrogen-bond acceptors (Lipinski definition) is 4. The highest BCUT2D eigenvalue weighted by molar-refractivity contribution is 6.21. The summed E-state index contributed by atoms with van der Waals surface area (Å²) in [6, 6.07) is 6.89. The smallest absolute Gasteiger partial charge is 0.292 e. The number of benzene rings is 1. The number of carbonyl (C=O) groups excluding carboxylic acids is 2. The molecule has 7 nitrogen and oxygen atoms in total. The van der Waals surface area contributed by atoms with E-state index >= 15 is 0 Å². The molecule has 2 saturated heterocycles. The third kappa shape index (κ3) is 4.06. The zero-order valence-electron chi connectivity index (χ0n) is 15.4. The minimum atomic E-state index is -0.283. The van der Waals surface area contributed by atoms with Gasteiger partial charge in [-0.3, -0.25) is 9.59 Å². The topological polar surface area (TPSA) is 75.7 Å². The molecule has 7 heteroatoms. The third-order valence-electron chi connectivity index (χ3n) is 5.27. The quantitative estimate of drug-likeness (QED) is 0.485. The molecule has 0 radical (unpaired) electrons. The second-order valence-electron chi connectivity index (χ2n) is 7.05. The van der Waals surface area contributed by atoms with Crippen molar-refractivity contribution in [3.05, 3.63) is 24.3 Å². The molecule has 1 aromatic carbocycles. The van der Waals surface area contributed by atoms with Crippen LogP contribution in [0.5, 0.6) is 5.75 Å². The van der Waals surface area contributed by atoms with E-state index in [1.54, 1.807) is 12.1 Å². The first-order valence-electron chi connectivity index (χ1n) is 9.52. The summed E-state index contributed by atoms with van der Waals surface area (Å²) < 4.78 is 5.56. The molecule has 1 atom stereocenters. The van der Waals surface area contributed by atoms with Crippen molar-refractivity contribution in [2.75, 3.05) is 50.8 Å². The van der Waals surface area contributed by atoms with E-state index in [0.717, 1.165) is 44.9 Å². The Morgan fingerprint density at radius 3 is 2.46 bits per heavy atom. The van der Waals surface area contributed by atoms with E-state index < -0.39 is 0 Å². The van der Waals surface area contributed by atoms with Gasteiger partial charge in [0.25, 0.3) is 5.91 Å². The molecule has 0 bridgehead atoms. The number of rotatable bonds is 7. The zero-order valence-corrected chi connectivity index (χ0v) is 15.4. The van der Waals surface area contributed by atoms with Crippen molar-refractivity contribution < 1.29 is 29.2 Å². The van der Waals surface area contributed by atoms with Crippen LogP contribution in [0.4, 0.5) is 5.69 Å². The lowest BCUT2D eigenvalue weighted by atomic mass is 10.1. The number of piperazine rings is 1. The van der Waals surface area contributed by atoms with Gasteiger partial charge in [-0.05, 0) is 30.7 Å². The van der Waals surface area contributed by atoms with Crippen LogP contribution in [-0.4, -0.2) is 68.9 Å². The molecule has 0 unspecified atom stereocenters. The number of imide groups is 1. The maximum atomic E-state index is 12.9. The van der Waals surface area contributed by atoms with Crippen LogP contribution in [0.25, 0.3) is 0 Å². The van der Waals surface area contributed by atoms with Gasteiger partial charge in [0.1, 0.15) is 38.5 Å². The summed E-state index contributed by atoms with van der Waals surface area (Å²) in [6.07, 6.45) is 1.21. The molecular weight excluding hydrogens is 334 g/mol. The molecule has 2 aliphatic heterocycles. The van der Waals surface area contributed by atoms with Gasteiger partial charge in [-0.25, -0.2) is 4.90 Å². The summed E-state index contributed by atoms with van der Waals surface area (Å²) in [6.45, 7) is 7.21. The molecule has 0 spiro atoms. The number of aliphatic hydroxyl groups excluding tert-OH is 1. The van der Waals surface area contributed by atoms with E-state index in [2.05, 4.69) is 0 Å². The Hall–Kier alpha value is -1.96. The Bertz CT molecular complexity index is 626. The monoisotopic (exact) mass is 363 g/mol. The molecule has 0 saturated carbocycles. The Morgan fingerprint density at radius 2 is 1.85 bits per heavy atom. The Balaban J connectivity index is 1.64. The average Bonchev–Trinajstić information content (AvgIpc) is 2.96. The van der Waals surface area contributed by atoms with Crippen LogP contribution in [-0.2, 0) is 9.59 Å². The number of anilines is 1. The summed E-state index contributed by atoms with van der Waals surface area (Å²) >= 11 is 0. The summed E-state index contributed by atoms with van der Waals surface area (Å²) in [7, 11) is 0. The van der Waals surface area contributed by atoms with E-state index in [1.165, 1.54) is 14.7 Å². The third-order valence-corrected chi connectivity index (χ3v) is 5.27. The van der Waals surface area contributed by atoms with Crippen LogP contribution in [0.1, 0.15) is 19.8 Å². The number of amides is 2. The van der Waals surface area contributed by atoms with Crippen molar-refractivity contribution in [3.8, 4) is 5.75 Å². The Kier molecular flexibility index (Phi) is 6.24. The second kappa shape index (κ2) is 8.62. The lowest BCUT2D eigenvalue weighted by Crippen LogP contribution is -3.30. The predicted molar refractivity (Wildman–Crippen MR) is 96.5 cm³/mol. The van der Waals surface area contributed by atoms with Gasteiger partial charge < -0.3 is 19.6 Å². The van der Waals surface area contributed by atoms with Gasteiger partial charge in [0.2, 0.25) is 5.91 Å². The van der Waals surface area contributed by atoms with Crippen molar-refractivity contribution in [2.45, 2.75) is 25.8 Å². The fourth-order valence-corrected chi connectivity index (χ4v) is 3.81. The highest BCUT2D eigenvalue weighted by Gasteiger charge is 2.46. The largest absolute Gasteiger partial charge is 0.494 e. The fraction of sp³-hybridized carbons (Fsp3) is 0.579. The highest BCUT2D eigenvalue weighted by atomic mass is 16.5. The predicted octanol–water partition coefficient (Wildman–Crippen LogP) is -2.12. The molecule has 2 aliphatic rings. The second-order valence-corrected chi connectivity index (χ2v) is 7.05. The zero-order chi connectivity index (χ0) is 18.5. The van der Waals surface area contributed by atoms with Crippen LogP contribution >= 0.6 is 0 Å². The average molecular weight is 363 g/mol. The lowest BCUT2D eigenvalue weighted by molar-refractivity contribution is -1.02. The number of nitrogens with one attached hydrogen (secondary N) is 2. The molecular formula is C19H29N3O4+2. The van der Waals surface area contributed by atoms with Gasteiger partial charge in [0, 0.05) is 0 Å². The van der Waals surface area contributed by atoms with E-state index in [-0.39, 0.29) is 30.9 Å². The molecule has 3 rings (SSSR count). The first-order chi connectivity index (χ1) is 12.6. The molecule has 0 aliphatic carbocycles. The maximum Gasteiger partial charge on any atom is 0.292 e. The van der Waals surface area contributed by atoms with Crippen LogP contribution in [0, 0.1) is 0 Å². The summed E-state index contributed by atoms with van der Waals surface area (Å²) in [5, 5.41) is 9.06. The van der Waals surface area contributed by atoms with Crippen molar-refractivity contribution in [3.63, 3.8) is 0 Å². The first kappa shape index (κ1) is 18.8. The number of quaternary nitrogens is 2. The minimum absolute atomic E-state index is 0.0992. The normalized spacial score (nSPS) is 26.4. The maximum absolute atomic E-state index is 12.9. The molecule has 2 amide bonds. The standard InChI is InChI=1S/C19H27N3O4/c1-2-13-26-16-5-3-15(4-6-16)22-18(24)14-17(19(22)25)21-9-7-20(8-10-21)11-12-23/h3-6,17,23H,2,7-14H2,1H3/p+2/t17-/m1/s1. The molecule has 142 valence electrons. The Morgan fingerprint density at radius 1 is 1.15 bits per heavy atom. The van der Waals surface area contributed by atoms with Crippen molar-refractivity contribution in [1.82, 2.24) is 0 Å². The van der Waals surface area contributed by atoms with Gasteiger partial charge in [-0.15, -0.1) is 0 Å². The summed E-state index contributed by atoms with van der Waals surface area (Å²) in [4.78, 5) is 29.3. The van der Waals surface area contributed by atoms with E-state index in [9.17, 15) is 9.59 Å². The van der Waals surface area contributed by atoms with Crippen LogP contribution in [0.3, 0.4) is 0 Å². The van der Waals surface area contributed by atoms with Gasteiger partial charge in [-0.1, -0.05) is 6.92 Å². The fourth-order valence-electron chi connectivity index (χ4n) is 3.81. The Labute approximate surface area is 154 Å². The van der Waals surface area contributed by atoms with Crippen molar-refractivity contribution in [1.29, 1.82) is 0 Å². The minimum Gasteiger partial charge on any atom is -0.494 e.